The number of ether oxygens (including phenoxy) is 1. The molecule has 1 amide bonds. The lowest BCUT2D eigenvalue weighted by Crippen LogP contribution is -2.31. The molecule has 0 unspecified atom stereocenters. The van der Waals surface area contributed by atoms with Gasteiger partial charge in [0.15, 0.2) is 5.17 Å². The molecule has 1 aromatic heterocycles. The quantitative estimate of drug-likeness (QED) is 0.423. The van der Waals surface area contributed by atoms with Gasteiger partial charge in [-0.05, 0) is 53.2 Å². The van der Waals surface area contributed by atoms with Crippen LogP contribution in [0.4, 0.5) is 13.2 Å². The number of aliphatic imine (C=N–C) groups is 1. The Hall–Kier alpha value is -3.35. The molecule has 1 aliphatic rings. The van der Waals surface area contributed by atoms with Gasteiger partial charge in [-0.2, -0.15) is 23.3 Å². The third-order valence-corrected chi connectivity index (χ3v) is 6.17. The maximum absolute atomic E-state index is 13.6. The Bertz CT molecular complexity index is 1320. The highest BCUT2D eigenvalue weighted by Crippen LogP contribution is 2.35. The molecule has 0 saturated carbocycles. The van der Waals surface area contributed by atoms with Gasteiger partial charge in [-0.3, -0.25) is 9.48 Å². The van der Waals surface area contributed by atoms with Crippen molar-refractivity contribution in [2.75, 3.05) is 20.3 Å². The zero-order valence-electron chi connectivity index (χ0n) is 18.4. The number of nitrogens with zero attached hydrogens (tertiary/aromatic N) is 3. The number of aliphatic hydroxyl groups is 2. The zero-order chi connectivity index (χ0) is 25.2. The molecule has 0 spiro atoms. The second-order valence-electron chi connectivity index (χ2n) is 7.69. The van der Waals surface area contributed by atoms with E-state index in [1.165, 1.54) is 23.9 Å². The van der Waals surface area contributed by atoms with E-state index in [2.05, 4.69) is 15.4 Å². The Morgan fingerprint density at radius 3 is 2.77 bits per heavy atom. The van der Waals surface area contributed by atoms with Crippen molar-refractivity contribution in [3.63, 3.8) is 0 Å². The summed E-state index contributed by atoms with van der Waals surface area (Å²) in [7, 11) is 1.31. The van der Waals surface area contributed by atoms with E-state index in [1.807, 2.05) is 0 Å². The summed E-state index contributed by atoms with van der Waals surface area (Å²) in [6.07, 6.45) is -2.30. The van der Waals surface area contributed by atoms with Gasteiger partial charge in [0.1, 0.15) is 5.75 Å². The molecule has 0 saturated heterocycles. The monoisotopic (exact) mass is 506 g/mol. The van der Waals surface area contributed by atoms with E-state index in [-0.39, 0.29) is 24.4 Å². The highest BCUT2D eigenvalue weighted by atomic mass is 32.2. The number of halogens is 3. The summed E-state index contributed by atoms with van der Waals surface area (Å²) < 4.78 is 47.1. The summed E-state index contributed by atoms with van der Waals surface area (Å²) in [5.41, 5.74) is 0.610. The van der Waals surface area contributed by atoms with Gasteiger partial charge in [0.2, 0.25) is 0 Å². The van der Waals surface area contributed by atoms with Crippen LogP contribution >= 0.6 is 11.8 Å². The van der Waals surface area contributed by atoms with E-state index in [4.69, 9.17) is 9.84 Å². The number of rotatable bonds is 7. The minimum atomic E-state index is -4.54. The molecule has 3 N–H and O–H groups in total. The number of hydrogen-bond donors (Lipinski definition) is 3. The van der Waals surface area contributed by atoms with Crippen LogP contribution in [-0.2, 0) is 17.5 Å². The fourth-order valence-corrected chi connectivity index (χ4v) is 4.29. The number of aromatic nitrogens is 2. The van der Waals surface area contributed by atoms with Gasteiger partial charge in [0.05, 0.1) is 48.5 Å². The first kappa shape index (κ1) is 24.8. The minimum Gasteiger partial charge on any atom is -0.497 e. The summed E-state index contributed by atoms with van der Waals surface area (Å²) in [4.78, 5) is 16.4. The van der Waals surface area contributed by atoms with Crippen molar-refractivity contribution in [1.82, 2.24) is 15.1 Å². The topological polar surface area (TPSA) is 109 Å². The van der Waals surface area contributed by atoms with Crippen LogP contribution in [0.1, 0.15) is 16.7 Å². The molecule has 0 radical (unpaired) electrons. The molecular formula is C23H21F3N4O4S. The van der Waals surface area contributed by atoms with Gasteiger partial charge in [0, 0.05) is 11.9 Å². The normalized spacial score (nSPS) is 16.1. The van der Waals surface area contributed by atoms with Crippen LogP contribution in [0, 0.1) is 0 Å². The van der Waals surface area contributed by atoms with E-state index in [0.29, 0.717) is 26.5 Å². The Morgan fingerprint density at radius 1 is 1.26 bits per heavy atom. The lowest BCUT2D eigenvalue weighted by Gasteiger charge is -2.14. The third kappa shape index (κ3) is 5.66. The van der Waals surface area contributed by atoms with Crippen LogP contribution in [0.15, 0.2) is 52.5 Å². The first-order chi connectivity index (χ1) is 16.7. The first-order valence-corrected chi connectivity index (χ1v) is 11.2. The predicted octanol–water partition coefficient (Wildman–Crippen LogP) is 3.03. The molecule has 4 rings (SSSR count). The van der Waals surface area contributed by atoms with Gasteiger partial charge in [-0.15, -0.1) is 0 Å². The molecule has 1 aliphatic heterocycles. The molecule has 2 aromatic carbocycles. The van der Waals surface area contributed by atoms with E-state index < -0.39 is 30.4 Å². The lowest BCUT2D eigenvalue weighted by molar-refractivity contribution is -0.138. The van der Waals surface area contributed by atoms with Crippen LogP contribution in [0.5, 0.6) is 5.75 Å². The number of benzene rings is 2. The summed E-state index contributed by atoms with van der Waals surface area (Å²) in [6.45, 7) is -0.441. The molecule has 35 heavy (non-hydrogen) atoms. The van der Waals surface area contributed by atoms with Gasteiger partial charge < -0.3 is 20.3 Å². The predicted molar refractivity (Wildman–Crippen MR) is 126 cm³/mol. The molecule has 3 aromatic rings. The minimum absolute atomic E-state index is 0.0539. The average Bonchev–Trinajstić information content (AvgIpc) is 3.39. The molecular weight excluding hydrogens is 485 g/mol. The molecule has 2 heterocycles. The lowest BCUT2D eigenvalue weighted by atomic mass is 10.1. The number of fused-ring (bicyclic) bond motifs is 1. The molecule has 0 aliphatic carbocycles. The van der Waals surface area contributed by atoms with Gasteiger partial charge in [-0.25, -0.2) is 0 Å². The maximum atomic E-state index is 13.6. The average molecular weight is 507 g/mol. The molecule has 184 valence electrons. The SMILES string of the molecule is COc1ccc(Cn2ncc3cc(/C=C4\SC(NC[C@@H](O)CO)=NC4=O)ccc32)c(C(F)(F)F)c1. The van der Waals surface area contributed by atoms with Crippen molar-refractivity contribution in [2.24, 2.45) is 4.99 Å². The zero-order valence-corrected chi connectivity index (χ0v) is 19.2. The van der Waals surface area contributed by atoms with Crippen molar-refractivity contribution in [2.45, 2.75) is 18.8 Å². The summed E-state index contributed by atoms with van der Waals surface area (Å²) in [5, 5.41) is 26.4. The Balaban J connectivity index is 1.54. The van der Waals surface area contributed by atoms with Crippen molar-refractivity contribution in [3.8, 4) is 5.75 Å². The van der Waals surface area contributed by atoms with E-state index in [0.717, 1.165) is 17.8 Å². The number of amidine groups is 1. The fourth-order valence-electron chi connectivity index (χ4n) is 3.47. The summed E-state index contributed by atoms with van der Waals surface area (Å²) >= 11 is 1.11. The van der Waals surface area contributed by atoms with E-state index in [1.54, 1.807) is 30.5 Å². The van der Waals surface area contributed by atoms with Crippen LogP contribution in [0.25, 0.3) is 17.0 Å². The third-order valence-electron chi connectivity index (χ3n) is 5.23. The summed E-state index contributed by atoms with van der Waals surface area (Å²) in [5.74, 6) is -0.318. The van der Waals surface area contributed by atoms with Crippen molar-refractivity contribution in [1.29, 1.82) is 0 Å². The molecule has 0 bridgehead atoms. The van der Waals surface area contributed by atoms with E-state index >= 15 is 0 Å². The van der Waals surface area contributed by atoms with Crippen molar-refractivity contribution < 1.29 is 32.9 Å². The van der Waals surface area contributed by atoms with Crippen molar-refractivity contribution in [3.05, 3.63) is 64.2 Å². The number of aliphatic hydroxyl groups excluding tert-OH is 2. The molecule has 1 atom stereocenters. The Kier molecular flexibility index (Phi) is 7.15. The van der Waals surface area contributed by atoms with Crippen LogP contribution in [-0.4, -0.2) is 57.4 Å². The smallest absolute Gasteiger partial charge is 0.416 e. The number of methoxy groups -OCH3 is 1. The van der Waals surface area contributed by atoms with Crippen LogP contribution in [0.3, 0.4) is 0 Å². The van der Waals surface area contributed by atoms with Crippen molar-refractivity contribution >= 4 is 39.8 Å². The second-order valence-corrected chi connectivity index (χ2v) is 8.72. The van der Waals surface area contributed by atoms with Gasteiger partial charge in [0.25, 0.3) is 5.91 Å². The number of hydrogen-bond acceptors (Lipinski definition) is 7. The standard InChI is InChI=1S/C23H21F3N4O4S/c1-34-17-4-3-14(18(8-17)23(24,25)26)11-30-19-5-2-13(6-15(19)9-28-30)7-20-21(33)29-22(35-20)27-10-16(32)12-31/h2-9,16,31-32H,10-12H2,1H3,(H,27,29,33)/b20-7-/t16-/m1/s1. The highest BCUT2D eigenvalue weighted by molar-refractivity contribution is 8.18. The molecule has 8 nitrogen and oxygen atoms in total. The molecule has 0 fully saturated rings. The number of amides is 1. The van der Waals surface area contributed by atoms with Gasteiger partial charge >= 0.3 is 6.18 Å². The largest absolute Gasteiger partial charge is 0.497 e. The van der Waals surface area contributed by atoms with Gasteiger partial charge in [-0.1, -0.05) is 12.1 Å². The number of nitrogens with one attached hydrogen (secondary N) is 1. The summed E-state index contributed by atoms with van der Waals surface area (Å²) in [6, 6.07) is 9.07. The van der Waals surface area contributed by atoms with Crippen LogP contribution in [0.2, 0.25) is 0 Å². The molecule has 12 heteroatoms. The Labute approximate surface area is 202 Å². The second kappa shape index (κ2) is 10.1. The number of carbonyl (C=O) groups is 1. The first-order valence-electron chi connectivity index (χ1n) is 10.4. The highest BCUT2D eigenvalue weighted by Gasteiger charge is 2.34. The number of alkyl halides is 3. The number of thioether (sulfide) groups is 1. The maximum Gasteiger partial charge on any atom is 0.416 e. The number of carbonyl (C=O) groups excluding carboxylic acids is 1. The van der Waals surface area contributed by atoms with E-state index in [9.17, 15) is 23.1 Å². The fraction of sp³-hybridized carbons (Fsp3) is 0.261. The Morgan fingerprint density at radius 2 is 2.06 bits per heavy atom. The van der Waals surface area contributed by atoms with Crippen LogP contribution < -0.4 is 10.1 Å².